The molecule has 0 aliphatic heterocycles. The number of benzene rings is 2. The highest BCUT2D eigenvalue weighted by Crippen LogP contribution is 2.28. The maximum atomic E-state index is 12.0. The molecule has 0 fully saturated rings. The molecule has 0 saturated heterocycles. The molecule has 0 atom stereocenters. The zero-order chi connectivity index (χ0) is 15.6. The summed E-state index contributed by atoms with van der Waals surface area (Å²) < 4.78 is 0.770. The molecule has 0 unspecified atom stereocenters. The van der Waals surface area contributed by atoms with E-state index in [-0.39, 0.29) is 6.03 Å². The highest BCUT2D eigenvalue weighted by molar-refractivity contribution is 9.10. The minimum Gasteiger partial charge on any atom is -0.398 e. The lowest BCUT2D eigenvalue weighted by atomic mass is 10.2. The fourth-order valence-corrected chi connectivity index (χ4v) is 2.48. The SMILES string of the molecule is Cc1cc(Br)c(NC(=O)Nc2ccc(C)c(Cl)c2)cc1N. The Morgan fingerprint density at radius 2 is 1.86 bits per heavy atom. The van der Waals surface area contributed by atoms with Gasteiger partial charge in [-0.3, -0.25) is 0 Å². The molecule has 21 heavy (non-hydrogen) atoms. The van der Waals surface area contributed by atoms with E-state index in [4.69, 9.17) is 17.3 Å². The number of nitrogen functional groups attached to an aromatic ring is 1. The molecular formula is C15H15BrClN3O. The topological polar surface area (TPSA) is 67.2 Å². The van der Waals surface area contributed by atoms with E-state index < -0.39 is 0 Å². The second-order valence-electron chi connectivity index (χ2n) is 4.73. The third-order valence-corrected chi connectivity index (χ3v) is 4.10. The Labute approximate surface area is 136 Å². The van der Waals surface area contributed by atoms with Crippen LogP contribution in [0.25, 0.3) is 0 Å². The molecule has 2 amide bonds. The number of anilines is 3. The predicted octanol–water partition coefficient (Wildman–Crippen LogP) is 4.95. The number of carbonyl (C=O) groups is 1. The van der Waals surface area contributed by atoms with Gasteiger partial charge in [-0.1, -0.05) is 17.7 Å². The number of hydrogen-bond acceptors (Lipinski definition) is 2. The number of hydrogen-bond donors (Lipinski definition) is 3. The molecule has 2 aromatic carbocycles. The third-order valence-electron chi connectivity index (χ3n) is 3.03. The van der Waals surface area contributed by atoms with Gasteiger partial charge in [0.15, 0.2) is 0 Å². The molecule has 0 aromatic heterocycles. The van der Waals surface area contributed by atoms with Gasteiger partial charge in [-0.05, 0) is 65.2 Å². The summed E-state index contributed by atoms with van der Waals surface area (Å²) in [6.45, 7) is 3.80. The third kappa shape index (κ3) is 3.89. The highest BCUT2D eigenvalue weighted by atomic mass is 79.9. The molecule has 2 rings (SSSR count). The van der Waals surface area contributed by atoms with Gasteiger partial charge in [0.1, 0.15) is 0 Å². The Balaban J connectivity index is 2.11. The van der Waals surface area contributed by atoms with Gasteiger partial charge in [-0.2, -0.15) is 0 Å². The molecule has 0 spiro atoms. The van der Waals surface area contributed by atoms with E-state index in [0.717, 1.165) is 15.6 Å². The largest absolute Gasteiger partial charge is 0.398 e. The Bertz CT molecular complexity index is 704. The first-order valence-electron chi connectivity index (χ1n) is 6.26. The Morgan fingerprint density at radius 1 is 1.14 bits per heavy atom. The van der Waals surface area contributed by atoms with Crippen molar-refractivity contribution in [1.82, 2.24) is 0 Å². The van der Waals surface area contributed by atoms with E-state index in [1.54, 1.807) is 18.2 Å². The van der Waals surface area contributed by atoms with Crippen LogP contribution in [0.2, 0.25) is 5.02 Å². The van der Waals surface area contributed by atoms with E-state index in [1.807, 2.05) is 26.0 Å². The number of rotatable bonds is 2. The van der Waals surface area contributed by atoms with Crippen LogP contribution in [0.5, 0.6) is 0 Å². The molecule has 4 nitrogen and oxygen atoms in total. The van der Waals surface area contributed by atoms with Crippen LogP contribution in [0.3, 0.4) is 0 Å². The van der Waals surface area contributed by atoms with Crippen LogP contribution in [0, 0.1) is 13.8 Å². The second kappa shape index (κ2) is 6.37. The lowest BCUT2D eigenvalue weighted by Crippen LogP contribution is -2.19. The minimum absolute atomic E-state index is 0.362. The molecule has 0 radical (unpaired) electrons. The Hall–Kier alpha value is -1.72. The van der Waals surface area contributed by atoms with Crippen molar-refractivity contribution in [3.63, 3.8) is 0 Å². The number of aryl methyl sites for hydroxylation is 2. The minimum atomic E-state index is -0.362. The lowest BCUT2D eigenvalue weighted by molar-refractivity contribution is 0.262. The summed E-state index contributed by atoms with van der Waals surface area (Å²) in [7, 11) is 0. The van der Waals surface area contributed by atoms with Crippen LogP contribution < -0.4 is 16.4 Å². The van der Waals surface area contributed by atoms with Gasteiger partial charge in [-0.25, -0.2) is 4.79 Å². The number of nitrogens with one attached hydrogen (secondary N) is 2. The molecule has 2 aromatic rings. The average molecular weight is 369 g/mol. The van der Waals surface area contributed by atoms with Gasteiger partial charge in [0.25, 0.3) is 0 Å². The number of amides is 2. The fraction of sp³-hybridized carbons (Fsp3) is 0.133. The average Bonchev–Trinajstić information content (AvgIpc) is 2.40. The number of nitrogens with two attached hydrogens (primary N) is 1. The summed E-state index contributed by atoms with van der Waals surface area (Å²) in [6, 6.07) is 8.54. The predicted molar refractivity (Wildman–Crippen MR) is 92.1 cm³/mol. The normalized spacial score (nSPS) is 10.3. The van der Waals surface area contributed by atoms with Crippen molar-refractivity contribution in [3.05, 3.63) is 51.0 Å². The molecule has 0 aliphatic rings. The van der Waals surface area contributed by atoms with E-state index in [2.05, 4.69) is 26.6 Å². The molecule has 4 N–H and O–H groups in total. The Kier molecular flexibility index (Phi) is 4.75. The standard InChI is InChI=1S/C15H15BrClN3O/c1-8-3-4-10(6-12(8)17)19-15(21)20-14-7-13(18)9(2)5-11(14)16/h3-7H,18H2,1-2H3,(H2,19,20,21). The van der Waals surface area contributed by atoms with Crippen LogP contribution in [-0.4, -0.2) is 6.03 Å². The first kappa shape index (κ1) is 15.7. The summed E-state index contributed by atoms with van der Waals surface area (Å²) in [6.07, 6.45) is 0. The van der Waals surface area contributed by atoms with Gasteiger partial charge in [0.2, 0.25) is 0 Å². The molecule has 0 saturated carbocycles. The highest BCUT2D eigenvalue weighted by Gasteiger charge is 2.08. The van der Waals surface area contributed by atoms with Crippen LogP contribution in [-0.2, 0) is 0 Å². The number of carbonyl (C=O) groups excluding carboxylic acids is 1. The summed E-state index contributed by atoms with van der Waals surface area (Å²) in [4.78, 5) is 12.0. The molecule has 110 valence electrons. The maximum absolute atomic E-state index is 12.0. The van der Waals surface area contributed by atoms with Crippen molar-refractivity contribution in [2.24, 2.45) is 0 Å². The van der Waals surface area contributed by atoms with Crippen LogP contribution in [0.1, 0.15) is 11.1 Å². The molecule has 0 heterocycles. The quantitative estimate of drug-likeness (QED) is 0.657. The summed E-state index contributed by atoms with van der Waals surface area (Å²) in [5.74, 6) is 0. The van der Waals surface area contributed by atoms with Crippen LogP contribution in [0.4, 0.5) is 21.9 Å². The monoisotopic (exact) mass is 367 g/mol. The maximum Gasteiger partial charge on any atom is 0.323 e. The summed E-state index contributed by atoms with van der Waals surface area (Å²) >= 11 is 9.42. The van der Waals surface area contributed by atoms with Crippen LogP contribution >= 0.6 is 27.5 Å². The van der Waals surface area contributed by atoms with Crippen molar-refractivity contribution in [3.8, 4) is 0 Å². The van der Waals surface area contributed by atoms with Gasteiger partial charge in [-0.15, -0.1) is 0 Å². The van der Waals surface area contributed by atoms with Gasteiger partial charge in [0, 0.05) is 20.9 Å². The van der Waals surface area contributed by atoms with Gasteiger partial charge >= 0.3 is 6.03 Å². The second-order valence-corrected chi connectivity index (χ2v) is 5.99. The van der Waals surface area contributed by atoms with Crippen LogP contribution in [0.15, 0.2) is 34.8 Å². The zero-order valence-electron chi connectivity index (χ0n) is 11.6. The van der Waals surface area contributed by atoms with Crippen molar-refractivity contribution in [1.29, 1.82) is 0 Å². The van der Waals surface area contributed by atoms with E-state index in [0.29, 0.717) is 22.1 Å². The molecular weight excluding hydrogens is 354 g/mol. The van der Waals surface area contributed by atoms with E-state index in [9.17, 15) is 4.79 Å². The number of halogens is 2. The van der Waals surface area contributed by atoms with Crippen molar-refractivity contribution < 1.29 is 4.79 Å². The van der Waals surface area contributed by atoms with Crippen molar-refractivity contribution in [2.45, 2.75) is 13.8 Å². The lowest BCUT2D eigenvalue weighted by Gasteiger charge is -2.12. The van der Waals surface area contributed by atoms with Crippen molar-refractivity contribution >= 4 is 50.6 Å². The van der Waals surface area contributed by atoms with Gasteiger partial charge < -0.3 is 16.4 Å². The smallest absolute Gasteiger partial charge is 0.323 e. The van der Waals surface area contributed by atoms with Crippen molar-refractivity contribution in [2.75, 3.05) is 16.4 Å². The van der Waals surface area contributed by atoms with Gasteiger partial charge in [0.05, 0.1) is 5.69 Å². The summed E-state index contributed by atoms with van der Waals surface area (Å²) in [5.41, 5.74) is 9.59. The van der Waals surface area contributed by atoms with E-state index in [1.165, 1.54) is 0 Å². The first-order chi connectivity index (χ1) is 9.86. The fourth-order valence-electron chi connectivity index (χ4n) is 1.74. The molecule has 0 aliphatic carbocycles. The summed E-state index contributed by atoms with van der Waals surface area (Å²) in [5, 5.41) is 6.07. The zero-order valence-corrected chi connectivity index (χ0v) is 14.0. The number of urea groups is 1. The molecule has 6 heteroatoms. The first-order valence-corrected chi connectivity index (χ1v) is 7.43. The Morgan fingerprint density at radius 3 is 2.52 bits per heavy atom. The molecule has 0 bridgehead atoms. The van der Waals surface area contributed by atoms with E-state index >= 15 is 0 Å².